The van der Waals surface area contributed by atoms with Crippen LogP contribution in [-0.4, -0.2) is 40.7 Å². The monoisotopic (exact) mass is 386 g/mol. The van der Waals surface area contributed by atoms with E-state index < -0.39 is 0 Å². The first-order valence-corrected chi connectivity index (χ1v) is 9.58. The van der Waals surface area contributed by atoms with Crippen molar-refractivity contribution in [2.75, 3.05) is 13.1 Å². The fourth-order valence-electron chi connectivity index (χ4n) is 3.82. The Morgan fingerprint density at radius 1 is 1.19 bits per heavy atom. The second-order valence-corrected chi connectivity index (χ2v) is 7.69. The van der Waals surface area contributed by atoms with Crippen LogP contribution in [-0.2, 0) is 11.3 Å². The van der Waals surface area contributed by atoms with Gasteiger partial charge in [-0.1, -0.05) is 29.8 Å². The molecule has 2 unspecified atom stereocenters. The SMILES string of the molecule is Cc1cc2c(cc(C(=O)N3CC(C)OC(C)C3)n2Cc2ccccc2Cl)o1. The zero-order chi connectivity index (χ0) is 19.1. The molecule has 1 aliphatic rings. The van der Waals surface area contributed by atoms with Crippen molar-refractivity contribution < 1.29 is 13.9 Å². The van der Waals surface area contributed by atoms with E-state index in [1.54, 1.807) is 0 Å². The highest BCUT2D eigenvalue weighted by atomic mass is 35.5. The first kappa shape index (κ1) is 18.1. The van der Waals surface area contributed by atoms with Gasteiger partial charge < -0.3 is 18.6 Å². The van der Waals surface area contributed by atoms with Gasteiger partial charge >= 0.3 is 0 Å². The van der Waals surface area contributed by atoms with Crippen LogP contribution in [0.15, 0.2) is 40.8 Å². The lowest BCUT2D eigenvalue weighted by molar-refractivity contribution is -0.0588. The van der Waals surface area contributed by atoms with Crippen LogP contribution < -0.4 is 0 Å². The smallest absolute Gasteiger partial charge is 0.270 e. The van der Waals surface area contributed by atoms with Crippen LogP contribution in [0.25, 0.3) is 11.1 Å². The molecule has 1 saturated heterocycles. The Morgan fingerprint density at radius 3 is 2.59 bits per heavy atom. The summed E-state index contributed by atoms with van der Waals surface area (Å²) in [5, 5.41) is 0.687. The lowest BCUT2D eigenvalue weighted by Crippen LogP contribution is -2.48. The van der Waals surface area contributed by atoms with E-state index in [0.717, 1.165) is 22.4 Å². The molecule has 2 atom stereocenters. The lowest BCUT2D eigenvalue weighted by atomic mass is 10.2. The van der Waals surface area contributed by atoms with E-state index in [-0.39, 0.29) is 18.1 Å². The number of furan rings is 1. The second kappa shape index (κ2) is 7.06. The highest BCUT2D eigenvalue weighted by Gasteiger charge is 2.29. The zero-order valence-electron chi connectivity index (χ0n) is 15.7. The number of halogens is 1. The van der Waals surface area contributed by atoms with Crippen LogP contribution in [0.1, 0.15) is 35.7 Å². The third-order valence-electron chi connectivity index (χ3n) is 4.93. The van der Waals surface area contributed by atoms with E-state index in [2.05, 4.69) is 0 Å². The number of aryl methyl sites for hydroxylation is 1. The Kier molecular flexibility index (Phi) is 4.74. The number of carbonyl (C=O) groups excluding carboxylic acids is 1. The molecule has 0 bridgehead atoms. The van der Waals surface area contributed by atoms with Crippen LogP contribution in [0, 0.1) is 6.92 Å². The molecule has 0 spiro atoms. The average Bonchev–Trinajstić information content (AvgIpc) is 3.12. The third-order valence-corrected chi connectivity index (χ3v) is 5.29. The summed E-state index contributed by atoms with van der Waals surface area (Å²) in [5.41, 5.74) is 3.21. The molecule has 4 rings (SSSR count). The number of rotatable bonds is 3. The number of hydrogen-bond donors (Lipinski definition) is 0. The molecule has 3 aromatic rings. The topological polar surface area (TPSA) is 47.6 Å². The molecule has 6 heteroatoms. The van der Waals surface area contributed by atoms with E-state index >= 15 is 0 Å². The molecule has 1 amide bonds. The van der Waals surface area contributed by atoms with Crippen LogP contribution in [0.4, 0.5) is 0 Å². The fraction of sp³-hybridized carbons (Fsp3) is 0.381. The normalized spacial score (nSPS) is 20.4. The molecule has 0 aliphatic carbocycles. The summed E-state index contributed by atoms with van der Waals surface area (Å²) >= 11 is 6.37. The van der Waals surface area contributed by atoms with Crippen molar-refractivity contribution >= 4 is 28.6 Å². The lowest BCUT2D eigenvalue weighted by Gasteiger charge is -2.35. The number of hydrogen-bond acceptors (Lipinski definition) is 3. The Hall–Kier alpha value is -2.24. The van der Waals surface area contributed by atoms with Gasteiger partial charge in [-0.2, -0.15) is 0 Å². The summed E-state index contributed by atoms with van der Waals surface area (Å²) in [5.74, 6) is 0.814. The minimum atomic E-state index is -0.00638. The van der Waals surface area contributed by atoms with Gasteiger partial charge in [-0.15, -0.1) is 0 Å². The number of fused-ring (bicyclic) bond motifs is 1. The molecular formula is C21H23ClN2O3. The predicted octanol–water partition coefficient (Wildman–Crippen LogP) is 4.49. The molecular weight excluding hydrogens is 364 g/mol. The number of benzene rings is 1. The van der Waals surface area contributed by atoms with Gasteiger partial charge in [0.2, 0.25) is 0 Å². The maximum Gasteiger partial charge on any atom is 0.270 e. The standard InChI is InChI=1S/C21H23ClN2O3/c1-13-8-18-20(27-13)9-19(21(25)23-10-14(2)26-15(3)11-23)24(18)12-16-6-4-5-7-17(16)22/h4-9,14-15H,10-12H2,1-3H3. The minimum Gasteiger partial charge on any atom is -0.460 e. The highest BCUT2D eigenvalue weighted by Crippen LogP contribution is 2.28. The first-order chi connectivity index (χ1) is 12.9. The van der Waals surface area contributed by atoms with E-state index in [1.807, 2.05) is 66.6 Å². The maximum absolute atomic E-state index is 13.3. The molecule has 142 valence electrons. The number of ether oxygens (including phenoxy) is 1. The summed E-state index contributed by atoms with van der Waals surface area (Å²) in [4.78, 5) is 15.2. The summed E-state index contributed by atoms with van der Waals surface area (Å²) in [7, 11) is 0. The molecule has 1 aromatic carbocycles. The molecule has 5 nitrogen and oxygen atoms in total. The number of amides is 1. The van der Waals surface area contributed by atoms with Gasteiger partial charge in [-0.25, -0.2) is 0 Å². The number of carbonyl (C=O) groups is 1. The molecule has 0 saturated carbocycles. The van der Waals surface area contributed by atoms with Crippen LogP contribution in [0.3, 0.4) is 0 Å². The van der Waals surface area contributed by atoms with E-state index in [0.29, 0.717) is 30.4 Å². The number of morpholine rings is 1. The van der Waals surface area contributed by atoms with Gasteiger partial charge in [-0.05, 0) is 32.4 Å². The molecule has 3 heterocycles. The second-order valence-electron chi connectivity index (χ2n) is 7.28. The summed E-state index contributed by atoms with van der Waals surface area (Å²) in [6.45, 7) is 7.58. The molecule has 27 heavy (non-hydrogen) atoms. The molecule has 2 aromatic heterocycles. The maximum atomic E-state index is 13.3. The Balaban J connectivity index is 1.75. The van der Waals surface area contributed by atoms with Crippen molar-refractivity contribution in [1.82, 2.24) is 9.47 Å². The van der Waals surface area contributed by atoms with Gasteiger partial charge in [0.05, 0.1) is 17.7 Å². The summed E-state index contributed by atoms with van der Waals surface area (Å²) < 4.78 is 13.6. The third kappa shape index (κ3) is 3.49. The van der Waals surface area contributed by atoms with Crippen molar-refractivity contribution in [2.45, 2.75) is 39.5 Å². The zero-order valence-corrected chi connectivity index (χ0v) is 16.5. The quantitative estimate of drug-likeness (QED) is 0.666. The van der Waals surface area contributed by atoms with Crippen molar-refractivity contribution in [1.29, 1.82) is 0 Å². The van der Waals surface area contributed by atoms with Gasteiger partial charge in [0, 0.05) is 36.8 Å². The predicted molar refractivity (Wildman–Crippen MR) is 105 cm³/mol. The number of nitrogens with zero attached hydrogens (tertiary/aromatic N) is 2. The van der Waals surface area contributed by atoms with E-state index in [9.17, 15) is 4.79 Å². The van der Waals surface area contributed by atoms with Crippen molar-refractivity contribution in [3.05, 3.63) is 58.4 Å². The molecule has 0 N–H and O–H groups in total. The first-order valence-electron chi connectivity index (χ1n) is 9.20. The van der Waals surface area contributed by atoms with Crippen LogP contribution in [0.5, 0.6) is 0 Å². The van der Waals surface area contributed by atoms with Crippen LogP contribution >= 0.6 is 11.6 Å². The Morgan fingerprint density at radius 2 is 1.89 bits per heavy atom. The minimum absolute atomic E-state index is 0.00638. The van der Waals surface area contributed by atoms with Gasteiger partial charge in [0.1, 0.15) is 11.5 Å². The van der Waals surface area contributed by atoms with Gasteiger partial charge in [0.25, 0.3) is 5.91 Å². The largest absolute Gasteiger partial charge is 0.460 e. The van der Waals surface area contributed by atoms with Gasteiger partial charge in [0.15, 0.2) is 5.58 Å². The van der Waals surface area contributed by atoms with E-state index in [4.69, 9.17) is 20.8 Å². The van der Waals surface area contributed by atoms with Gasteiger partial charge in [-0.3, -0.25) is 4.79 Å². The molecule has 0 radical (unpaired) electrons. The van der Waals surface area contributed by atoms with Crippen LogP contribution in [0.2, 0.25) is 5.02 Å². The highest BCUT2D eigenvalue weighted by molar-refractivity contribution is 6.31. The van der Waals surface area contributed by atoms with Crippen molar-refractivity contribution in [3.8, 4) is 0 Å². The molecule has 1 aliphatic heterocycles. The summed E-state index contributed by atoms with van der Waals surface area (Å²) in [6.07, 6.45) is 0.0461. The van der Waals surface area contributed by atoms with Crippen molar-refractivity contribution in [3.63, 3.8) is 0 Å². The number of aromatic nitrogens is 1. The summed E-state index contributed by atoms with van der Waals surface area (Å²) in [6, 6.07) is 11.5. The Labute approximate surface area is 163 Å². The van der Waals surface area contributed by atoms with E-state index in [1.165, 1.54) is 0 Å². The Bertz CT molecular complexity index is 981. The average molecular weight is 387 g/mol. The fourth-order valence-corrected chi connectivity index (χ4v) is 4.01. The van der Waals surface area contributed by atoms with Crippen molar-refractivity contribution in [2.24, 2.45) is 0 Å². The molecule has 1 fully saturated rings.